The molecule has 8 heteroatoms. The molecule has 0 aliphatic carbocycles. The molecule has 0 spiro atoms. The molecule has 2 aromatic carbocycles. The topological polar surface area (TPSA) is 80.6 Å². The molecule has 1 saturated heterocycles. The number of ether oxygens (including phenoxy) is 2. The lowest BCUT2D eigenvalue weighted by molar-refractivity contribution is -0.143. The number of halogens is 1. The Labute approximate surface area is 179 Å². The van der Waals surface area contributed by atoms with Crippen LogP contribution in [-0.2, 0) is 9.63 Å². The molecule has 2 aliphatic rings. The fourth-order valence-electron chi connectivity index (χ4n) is 3.75. The molecule has 7 nitrogen and oxygen atoms in total. The number of rotatable bonds is 7. The van der Waals surface area contributed by atoms with Crippen LogP contribution in [0.3, 0.4) is 0 Å². The molecule has 0 amide bonds. The van der Waals surface area contributed by atoms with Gasteiger partial charge in [0, 0.05) is 29.2 Å². The summed E-state index contributed by atoms with van der Waals surface area (Å²) in [5.74, 6) is 0.295. The second-order valence-corrected chi connectivity index (χ2v) is 7.73. The number of aliphatic carboxylic acids is 1. The van der Waals surface area contributed by atoms with Gasteiger partial charge in [-0.2, -0.15) is 0 Å². The minimum absolute atomic E-state index is 0.182. The number of hydrogen-bond donors (Lipinski definition) is 1. The van der Waals surface area contributed by atoms with Gasteiger partial charge in [-0.3, -0.25) is 9.69 Å². The quantitative estimate of drug-likeness (QED) is 0.408. The summed E-state index contributed by atoms with van der Waals surface area (Å²) < 4.78 is 11.0. The highest BCUT2D eigenvalue weighted by atomic mass is 35.5. The van der Waals surface area contributed by atoms with E-state index in [0.29, 0.717) is 36.2 Å². The van der Waals surface area contributed by atoms with Crippen molar-refractivity contribution in [3.8, 4) is 22.6 Å². The first kappa shape index (κ1) is 20.5. The standard InChI is InChI=1S/C22H23ClN2O5/c23-19-6-2-1-5-17(19)18-11-21-20(28-14-29-21)10-16(18)12-24-30-9-8-25-7-3-4-15(13-25)22(26)27/h1-2,5-6,10-12,15H,3-4,7-9,13-14H2,(H,26,27)/b24-12+. The average Bonchev–Trinajstić information content (AvgIpc) is 3.21. The molecule has 0 radical (unpaired) electrons. The molecule has 1 fully saturated rings. The van der Waals surface area contributed by atoms with Gasteiger partial charge in [-0.15, -0.1) is 0 Å². The molecule has 4 rings (SSSR count). The molecule has 0 saturated carbocycles. The van der Waals surface area contributed by atoms with Gasteiger partial charge >= 0.3 is 5.97 Å². The summed E-state index contributed by atoms with van der Waals surface area (Å²) in [4.78, 5) is 18.7. The molecule has 2 heterocycles. The number of hydrogen-bond acceptors (Lipinski definition) is 6. The fraction of sp³-hybridized carbons (Fsp3) is 0.364. The van der Waals surface area contributed by atoms with Gasteiger partial charge in [-0.1, -0.05) is 35.0 Å². The number of likely N-dealkylation sites (tertiary alicyclic amines) is 1. The normalized spacial score (nSPS) is 18.6. The molecular formula is C22H23ClN2O5. The van der Waals surface area contributed by atoms with E-state index in [4.69, 9.17) is 25.9 Å². The second-order valence-electron chi connectivity index (χ2n) is 7.32. The fourth-order valence-corrected chi connectivity index (χ4v) is 3.99. The van der Waals surface area contributed by atoms with Crippen LogP contribution in [0.4, 0.5) is 0 Å². The smallest absolute Gasteiger partial charge is 0.307 e. The lowest BCUT2D eigenvalue weighted by Gasteiger charge is -2.29. The summed E-state index contributed by atoms with van der Waals surface area (Å²) in [6.45, 7) is 2.65. The van der Waals surface area contributed by atoms with Crippen LogP contribution in [-0.4, -0.2) is 55.2 Å². The molecule has 158 valence electrons. The molecule has 2 aromatic rings. The highest BCUT2D eigenvalue weighted by Crippen LogP contribution is 2.40. The van der Waals surface area contributed by atoms with E-state index in [2.05, 4.69) is 10.1 Å². The maximum Gasteiger partial charge on any atom is 0.307 e. The molecule has 1 unspecified atom stereocenters. The second kappa shape index (κ2) is 9.36. The van der Waals surface area contributed by atoms with Crippen molar-refractivity contribution in [2.75, 3.05) is 33.0 Å². The minimum atomic E-state index is -0.728. The average molecular weight is 431 g/mol. The van der Waals surface area contributed by atoms with Crippen LogP contribution in [0, 0.1) is 5.92 Å². The Morgan fingerprint density at radius 2 is 2.07 bits per heavy atom. The van der Waals surface area contributed by atoms with E-state index < -0.39 is 5.97 Å². The zero-order valence-electron chi connectivity index (χ0n) is 16.4. The number of piperidine rings is 1. The van der Waals surface area contributed by atoms with Gasteiger partial charge in [0.15, 0.2) is 11.5 Å². The SMILES string of the molecule is O=C(O)C1CCCN(CCO/N=C/c2cc3c(cc2-c2ccccc2Cl)OCO3)C1. The number of benzene rings is 2. The summed E-state index contributed by atoms with van der Waals surface area (Å²) in [6.07, 6.45) is 3.26. The van der Waals surface area contributed by atoms with Crippen molar-refractivity contribution in [2.24, 2.45) is 11.1 Å². The van der Waals surface area contributed by atoms with Crippen molar-refractivity contribution < 1.29 is 24.2 Å². The van der Waals surface area contributed by atoms with Gasteiger partial charge in [0.25, 0.3) is 0 Å². The predicted octanol–water partition coefficient (Wildman–Crippen LogP) is 3.88. The zero-order valence-corrected chi connectivity index (χ0v) is 17.2. The Bertz CT molecular complexity index is 949. The third-order valence-electron chi connectivity index (χ3n) is 5.33. The van der Waals surface area contributed by atoms with Crippen molar-refractivity contribution in [3.63, 3.8) is 0 Å². The molecule has 1 N–H and O–H groups in total. The van der Waals surface area contributed by atoms with Crippen LogP contribution in [0.5, 0.6) is 11.5 Å². The van der Waals surface area contributed by atoms with Crippen LogP contribution < -0.4 is 9.47 Å². The van der Waals surface area contributed by atoms with Crippen molar-refractivity contribution >= 4 is 23.8 Å². The Morgan fingerprint density at radius 3 is 2.87 bits per heavy atom. The number of carboxylic acid groups (broad SMARTS) is 1. The van der Waals surface area contributed by atoms with Crippen LogP contribution >= 0.6 is 11.6 Å². The summed E-state index contributed by atoms with van der Waals surface area (Å²) in [5.41, 5.74) is 2.54. The number of fused-ring (bicyclic) bond motifs is 1. The lowest BCUT2D eigenvalue weighted by atomic mass is 9.98. The summed E-state index contributed by atoms with van der Waals surface area (Å²) in [5, 5.41) is 13.9. The van der Waals surface area contributed by atoms with Crippen LogP contribution in [0.25, 0.3) is 11.1 Å². The molecule has 30 heavy (non-hydrogen) atoms. The summed E-state index contributed by atoms with van der Waals surface area (Å²) in [7, 11) is 0. The third kappa shape index (κ3) is 4.68. The minimum Gasteiger partial charge on any atom is -0.481 e. The van der Waals surface area contributed by atoms with Gasteiger partial charge in [-0.05, 0) is 43.1 Å². The number of carboxylic acids is 1. The van der Waals surface area contributed by atoms with Gasteiger partial charge in [-0.25, -0.2) is 0 Å². The number of carbonyl (C=O) groups is 1. The van der Waals surface area contributed by atoms with Crippen LogP contribution in [0.2, 0.25) is 5.02 Å². The maximum absolute atomic E-state index is 11.2. The number of oxime groups is 1. The Morgan fingerprint density at radius 1 is 1.27 bits per heavy atom. The van der Waals surface area contributed by atoms with E-state index in [1.807, 2.05) is 36.4 Å². The molecule has 2 aliphatic heterocycles. The highest BCUT2D eigenvalue weighted by Gasteiger charge is 2.25. The van der Waals surface area contributed by atoms with E-state index in [1.54, 1.807) is 6.21 Å². The summed E-state index contributed by atoms with van der Waals surface area (Å²) >= 11 is 6.39. The Balaban J connectivity index is 1.42. The zero-order chi connectivity index (χ0) is 20.9. The molecule has 0 bridgehead atoms. The van der Waals surface area contributed by atoms with Crippen molar-refractivity contribution in [1.82, 2.24) is 4.90 Å². The van der Waals surface area contributed by atoms with Crippen LogP contribution in [0.1, 0.15) is 18.4 Å². The first-order valence-corrected chi connectivity index (χ1v) is 10.3. The molecule has 1 atom stereocenters. The first-order chi connectivity index (χ1) is 14.6. The van der Waals surface area contributed by atoms with E-state index in [0.717, 1.165) is 36.1 Å². The van der Waals surface area contributed by atoms with E-state index >= 15 is 0 Å². The first-order valence-electron chi connectivity index (χ1n) is 9.91. The largest absolute Gasteiger partial charge is 0.481 e. The molecular weight excluding hydrogens is 408 g/mol. The summed E-state index contributed by atoms with van der Waals surface area (Å²) in [6, 6.07) is 11.3. The maximum atomic E-state index is 11.2. The Kier molecular flexibility index (Phi) is 6.40. The van der Waals surface area contributed by atoms with Crippen molar-refractivity contribution in [2.45, 2.75) is 12.8 Å². The molecule has 0 aromatic heterocycles. The van der Waals surface area contributed by atoms with E-state index in [-0.39, 0.29) is 12.7 Å². The van der Waals surface area contributed by atoms with E-state index in [9.17, 15) is 9.90 Å². The van der Waals surface area contributed by atoms with Crippen LogP contribution in [0.15, 0.2) is 41.6 Å². The van der Waals surface area contributed by atoms with Crippen molar-refractivity contribution in [3.05, 3.63) is 47.0 Å². The lowest BCUT2D eigenvalue weighted by Crippen LogP contribution is -2.40. The van der Waals surface area contributed by atoms with Gasteiger partial charge in [0.05, 0.1) is 12.1 Å². The Hall–Kier alpha value is -2.77. The van der Waals surface area contributed by atoms with Gasteiger partial charge in [0.2, 0.25) is 6.79 Å². The van der Waals surface area contributed by atoms with E-state index in [1.165, 1.54) is 0 Å². The third-order valence-corrected chi connectivity index (χ3v) is 5.66. The number of nitrogens with zero attached hydrogens (tertiary/aromatic N) is 2. The predicted molar refractivity (Wildman–Crippen MR) is 113 cm³/mol. The van der Waals surface area contributed by atoms with Gasteiger partial charge in [0.1, 0.15) is 6.61 Å². The monoisotopic (exact) mass is 430 g/mol. The van der Waals surface area contributed by atoms with Crippen molar-refractivity contribution in [1.29, 1.82) is 0 Å². The van der Waals surface area contributed by atoms with Gasteiger partial charge < -0.3 is 19.4 Å². The highest BCUT2D eigenvalue weighted by molar-refractivity contribution is 6.33.